The Kier molecular flexibility index (Phi) is 4.59. The molecule has 2 atom stereocenters. The minimum Gasteiger partial charge on any atom is -0.375 e. The Bertz CT molecular complexity index is 416. The third-order valence-electron chi connectivity index (χ3n) is 3.30. The molecular formula is C13H18N4O. The summed E-state index contributed by atoms with van der Waals surface area (Å²) in [6, 6.07) is 10.6. The molecule has 0 amide bonds. The van der Waals surface area contributed by atoms with E-state index < -0.39 is 0 Å². The molecular weight excluding hydrogens is 228 g/mol. The highest BCUT2D eigenvalue weighted by atomic mass is 16.5. The van der Waals surface area contributed by atoms with Crippen molar-refractivity contribution < 1.29 is 4.74 Å². The van der Waals surface area contributed by atoms with Gasteiger partial charge >= 0.3 is 0 Å². The van der Waals surface area contributed by atoms with Crippen molar-refractivity contribution in [2.24, 2.45) is 5.11 Å². The molecule has 1 aromatic rings. The molecule has 0 aliphatic carbocycles. The first kappa shape index (κ1) is 12.9. The number of hydrogen-bond acceptors (Lipinski definition) is 3. The second kappa shape index (κ2) is 6.40. The van der Waals surface area contributed by atoms with Crippen LogP contribution < -0.4 is 0 Å². The van der Waals surface area contributed by atoms with Crippen molar-refractivity contribution >= 4 is 0 Å². The maximum atomic E-state index is 8.43. The minimum atomic E-state index is 0.0883. The fourth-order valence-electron chi connectivity index (χ4n) is 2.29. The van der Waals surface area contributed by atoms with Gasteiger partial charge in [-0.15, -0.1) is 0 Å². The maximum absolute atomic E-state index is 8.43. The van der Waals surface area contributed by atoms with Crippen molar-refractivity contribution in [1.29, 1.82) is 0 Å². The van der Waals surface area contributed by atoms with E-state index >= 15 is 0 Å². The van der Waals surface area contributed by atoms with Gasteiger partial charge in [-0.25, -0.2) is 0 Å². The summed E-state index contributed by atoms with van der Waals surface area (Å²) in [6.07, 6.45) is 0.884. The fraction of sp³-hybridized carbons (Fsp3) is 0.538. The highest BCUT2D eigenvalue weighted by molar-refractivity contribution is 5.13. The van der Waals surface area contributed by atoms with Gasteiger partial charge in [0.2, 0.25) is 0 Å². The first-order chi connectivity index (χ1) is 8.79. The quantitative estimate of drug-likeness (QED) is 0.455. The largest absolute Gasteiger partial charge is 0.375 e. The maximum Gasteiger partial charge on any atom is 0.0717 e. The lowest BCUT2D eigenvalue weighted by Gasteiger charge is -2.18. The Morgan fingerprint density at radius 3 is 2.94 bits per heavy atom. The molecule has 1 fully saturated rings. The number of azide groups is 1. The van der Waals surface area contributed by atoms with Gasteiger partial charge in [0.1, 0.15) is 0 Å². The number of nitrogens with zero attached hydrogens (tertiary/aromatic N) is 4. The Morgan fingerprint density at radius 2 is 2.22 bits per heavy atom. The molecule has 0 N–H and O–H groups in total. The molecule has 0 radical (unpaired) electrons. The summed E-state index contributed by atoms with van der Waals surface area (Å²) in [5.74, 6) is 0. The Balaban J connectivity index is 1.75. The van der Waals surface area contributed by atoms with E-state index in [0.717, 1.165) is 13.0 Å². The van der Waals surface area contributed by atoms with Crippen molar-refractivity contribution in [2.75, 3.05) is 20.2 Å². The van der Waals surface area contributed by atoms with E-state index in [0.29, 0.717) is 19.3 Å². The lowest BCUT2D eigenvalue weighted by molar-refractivity contribution is 0.0749. The van der Waals surface area contributed by atoms with Gasteiger partial charge in [-0.2, -0.15) is 0 Å². The van der Waals surface area contributed by atoms with Crippen LogP contribution >= 0.6 is 0 Å². The van der Waals surface area contributed by atoms with Crippen molar-refractivity contribution in [1.82, 2.24) is 4.90 Å². The molecule has 0 spiro atoms. The van der Waals surface area contributed by atoms with Crippen LogP contribution in [-0.2, 0) is 11.3 Å². The van der Waals surface area contributed by atoms with Gasteiger partial charge in [0.15, 0.2) is 0 Å². The van der Waals surface area contributed by atoms with Gasteiger partial charge in [0.05, 0.1) is 19.3 Å². The van der Waals surface area contributed by atoms with Gasteiger partial charge in [-0.05, 0) is 24.6 Å². The predicted molar refractivity (Wildman–Crippen MR) is 70.1 cm³/mol. The first-order valence-corrected chi connectivity index (χ1v) is 6.15. The molecule has 0 aromatic heterocycles. The number of rotatable bonds is 5. The highest BCUT2D eigenvalue weighted by Gasteiger charge is 2.28. The van der Waals surface area contributed by atoms with Gasteiger partial charge in [0, 0.05) is 17.5 Å². The second-order valence-electron chi connectivity index (χ2n) is 4.69. The molecule has 1 aliphatic heterocycles. The molecule has 2 rings (SSSR count). The zero-order valence-corrected chi connectivity index (χ0v) is 10.6. The van der Waals surface area contributed by atoms with Crippen LogP contribution in [0.25, 0.3) is 10.4 Å². The van der Waals surface area contributed by atoms with E-state index in [-0.39, 0.29) is 6.04 Å². The van der Waals surface area contributed by atoms with Crippen LogP contribution in [0.1, 0.15) is 12.0 Å². The Morgan fingerprint density at radius 1 is 1.44 bits per heavy atom. The number of likely N-dealkylation sites (N-methyl/N-ethyl adjacent to an activating group) is 1. The topological polar surface area (TPSA) is 61.2 Å². The summed E-state index contributed by atoms with van der Waals surface area (Å²) in [5, 5.41) is 3.77. The molecule has 1 aromatic carbocycles. The van der Waals surface area contributed by atoms with Gasteiger partial charge in [0.25, 0.3) is 0 Å². The summed E-state index contributed by atoms with van der Waals surface area (Å²) < 4.78 is 5.72. The third kappa shape index (κ3) is 3.47. The van der Waals surface area contributed by atoms with Crippen LogP contribution in [0.15, 0.2) is 35.4 Å². The number of likely N-dealkylation sites (tertiary alicyclic amines) is 1. The highest BCUT2D eigenvalue weighted by Crippen LogP contribution is 2.19. The van der Waals surface area contributed by atoms with Gasteiger partial charge in [-0.3, -0.25) is 0 Å². The molecule has 1 saturated heterocycles. The normalized spacial score (nSPS) is 23.8. The number of ether oxygens (including phenoxy) is 1. The summed E-state index contributed by atoms with van der Waals surface area (Å²) in [7, 11) is 2.05. The Labute approximate surface area is 107 Å². The molecule has 5 nitrogen and oxygen atoms in total. The van der Waals surface area contributed by atoms with Crippen LogP contribution in [0.5, 0.6) is 0 Å². The average Bonchev–Trinajstić information content (AvgIpc) is 2.72. The predicted octanol–water partition coefficient (Wildman–Crippen LogP) is 2.59. The molecule has 0 bridgehead atoms. The third-order valence-corrected chi connectivity index (χ3v) is 3.30. The molecule has 0 saturated carbocycles. The molecule has 1 aliphatic rings. The lowest BCUT2D eigenvalue weighted by Crippen LogP contribution is -2.29. The van der Waals surface area contributed by atoms with Crippen LogP contribution in [0.2, 0.25) is 0 Å². The van der Waals surface area contributed by atoms with Crippen molar-refractivity contribution in [3.8, 4) is 0 Å². The first-order valence-electron chi connectivity index (χ1n) is 6.15. The zero-order valence-electron chi connectivity index (χ0n) is 10.6. The van der Waals surface area contributed by atoms with Crippen LogP contribution in [0, 0.1) is 0 Å². The molecule has 1 heterocycles. The molecule has 5 heteroatoms. The standard InChI is InChI=1S/C13H18N4O/c1-17-8-12(15-16-14)7-13(17)10-18-9-11-5-3-2-4-6-11/h2-6,12-13H,7-10H2,1H3/t12-,13-/m1/s1. The van der Waals surface area contributed by atoms with E-state index in [4.69, 9.17) is 10.3 Å². The van der Waals surface area contributed by atoms with E-state index in [2.05, 4.69) is 27.1 Å². The number of benzene rings is 1. The van der Waals surface area contributed by atoms with Crippen LogP contribution in [0.4, 0.5) is 0 Å². The van der Waals surface area contributed by atoms with Crippen LogP contribution in [-0.4, -0.2) is 37.2 Å². The molecule has 18 heavy (non-hydrogen) atoms. The summed E-state index contributed by atoms with van der Waals surface area (Å²) in [6.45, 7) is 2.14. The van der Waals surface area contributed by atoms with E-state index in [9.17, 15) is 0 Å². The lowest BCUT2D eigenvalue weighted by atomic mass is 10.2. The molecule has 96 valence electrons. The van der Waals surface area contributed by atoms with Crippen molar-refractivity contribution in [2.45, 2.75) is 25.1 Å². The zero-order chi connectivity index (χ0) is 12.8. The number of hydrogen-bond donors (Lipinski definition) is 0. The smallest absolute Gasteiger partial charge is 0.0717 e. The SMILES string of the molecule is CN1C[C@H](N=[N+]=[N-])C[C@@H]1COCc1ccccc1. The van der Waals surface area contributed by atoms with E-state index in [1.807, 2.05) is 25.2 Å². The summed E-state index contributed by atoms with van der Waals surface area (Å²) >= 11 is 0. The van der Waals surface area contributed by atoms with Crippen LogP contribution in [0.3, 0.4) is 0 Å². The summed E-state index contributed by atoms with van der Waals surface area (Å²) in [4.78, 5) is 5.07. The fourth-order valence-corrected chi connectivity index (χ4v) is 2.29. The minimum absolute atomic E-state index is 0.0883. The van der Waals surface area contributed by atoms with Crippen molar-refractivity contribution in [3.63, 3.8) is 0 Å². The van der Waals surface area contributed by atoms with Gasteiger partial charge in [-0.1, -0.05) is 35.4 Å². The molecule has 0 unspecified atom stereocenters. The van der Waals surface area contributed by atoms with Gasteiger partial charge < -0.3 is 9.64 Å². The Hall–Kier alpha value is -1.55. The van der Waals surface area contributed by atoms with Crippen molar-refractivity contribution in [3.05, 3.63) is 46.3 Å². The average molecular weight is 246 g/mol. The monoisotopic (exact) mass is 246 g/mol. The second-order valence-corrected chi connectivity index (χ2v) is 4.69. The van der Waals surface area contributed by atoms with E-state index in [1.165, 1.54) is 5.56 Å². The summed E-state index contributed by atoms with van der Waals surface area (Å²) in [5.41, 5.74) is 9.62. The van der Waals surface area contributed by atoms with E-state index in [1.54, 1.807) is 0 Å².